The van der Waals surface area contributed by atoms with Crippen LogP contribution in [0.4, 0.5) is 0 Å². The van der Waals surface area contributed by atoms with Crippen LogP contribution in [0.1, 0.15) is 0 Å². The Labute approximate surface area is 51.5 Å². The maximum atomic E-state index is 8.74. The second-order valence-electron chi connectivity index (χ2n) is 0.448. The lowest BCUT2D eigenvalue weighted by atomic mass is 11.9. The summed E-state index contributed by atoms with van der Waals surface area (Å²) in [6.07, 6.45) is 0. The lowest BCUT2D eigenvalue weighted by Crippen LogP contribution is -1.89. The maximum Gasteiger partial charge on any atom is 0.394 e. The average Bonchev–Trinajstić information content (AvgIpc) is 1.36. The summed E-state index contributed by atoms with van der Waals surface area (Å²) >= 11 is 0. The Bertz CT molecular complexity index is 127. The van der Waals surface area contributed by atoms with Gasteiger partial charge >= 0.3 is 10.4 Å². The smallest absolute Gasteiger partial charge is 0.264 e. The van der Waals surface area contributed by atoms with E-state index in [0.29, 0.717) is 0 Å². The molecule has 5 nitrogen and oxygen atoms in total. The van der Waals surface area contributed by atoms with Crippen molar-refractivity contribution >= 4 is 21.4 Å². The lowest BCUT2D eigenvalue weighted by molar-refractivity contribution is 0.381. The van der Waals surface area contributed by atoms with Crippen molar-refractivity contribution in [3.05, 3.63) is 0 Å². The van der Waals surface area contributed by atoms with Crippen LogP contribution >= 0.6 is 0 Å². The monoisotopic (exact) mass is 157 g/mol. The van der Waals surface area contributed by atoms with Crippen LogP contribution in [0.25, 0.3) is 0 Å². The van der Waals surface area contributed by atoms with Gasteiger partial charge in [-0.2, -0.15) is 8.42 Å². The van der Waals surface area contributed by atoms with Gasteiger partial charge in [-0.1, -0.05) is 0 Å². The Hall–Kier alpha value is -0.423. The highest BCUT2D eigenvalue weighted by atomic mass is 32.3. The predicted octanol–water partition coefficient (Wildman–Crippen LogP) is -1.96. The molecule has 0 bridgehead atoms. The fourth-order valence-electron chi connectivity index (χ4n) is 0. The highest BCUT2D eigenvalue weighted by Gasteiger charge is 1.84. The minimum atomic E-state index is -4.67. The molecule has 7 heteroatoms. The average molecular weight is 157 g/mol. The van der Waals surface area contributed by atoms with E-state index in [-0.39, 0.29) is 11.0 Å². The second-order valence-corrected chi connectivity index (χ2v) is 1.34. The fraction of sp³-hybridized carbons (Fsp3) is 0. The predicted molar refractivity (Wildman–Crippen MR) is 32.2 cm³/mol. The number of rotatable bonds is 0. The summed E-state index contributed by atoms with van der Waals surface area (Å²) in [4.78, 5) is 0. The third-order valence-corrected chi connectivity index (χ3v) is 0. The molecule has 2 N–H and O–H groups in total. The molecule has 0 radical (unpaired) electrons. The normalized spacial score (nSPS) is 7.50. The molecule has 0 saturated carbocycles. The molecule has 0 atom stereocenters. The first kappa shape index (κ1) is 15.6. The van der Waals surface area contributed by atoms with E-state index in [0.717, 1.165) is 0 Å². The van der Waals surface area contributed by atoms with Gasteiger partial charge in [-0.15, -0.1) is 0 Å². The van der Waals surface area contributed by atoms with E-state index < -0.39 is 10.4 Å². The van der Waals surface area contributed by atoms with Crippen LogP contribution in [-0.2, 0) is 10.4 Å². The second kappa shape index (κ2) is 6.58. The Balaban J connectivity index is -0.0000000750. The first-order valence-electron chi connectivity index (χ1n) is 0.957. The van der Waals surface area contributed by atoms with E-state index in [9.17, 15) is 0 Å². The van der Waals surface area contributed by atoms with Gasteiger partial charge in [0.25, 0.3) is 0 Å². The Morgan fingerprint density at radius 3 is 1.25 bits per heavy atom. The van der Waals surface area contributed by atoms with Crippen LogP contribution in [0.3, 0.4) is 0 Å². The van der Waals surface area contributed by atoms with Crippen molar-refractivity contribution in [1.82, 2.24) is 0 Å². The standard InChI is InChI=1S/CHN.H2O4S.H4Si/c1-2;1-5(2,3)4;/h1H;(H2,1,2,3,4);1H4. The zero-order valence-electron chi connectivity index (χ0n) is 3.14. The molecule has 0 heterocycles. The number of nitriles is 1. The molecule has 0 spiro atoms. The van der Waals surface area contributed by atoms with Gasteiger partial charge in [0.05, 0.1) is 0 Å². The molecular formula is CH7NO4SSi. The van der Waals surface area contributed by atoms with Crippen molar-refractivity contribution < 1.29 is 17.5 Å². The largest absolute Gasteiger partial charge is 0.394 e. The topological polar surface area (TPSA) is 98.4 Å². The van der Waals surface area contributed by atoms with Crippen molar-refractivity contribution in [2.75, 3.05) is 0 Å². The summed E-state index contributed by atoms with van der Waals surface area (Å²) in [5.74, 6) is 0. The molecule has 0 saturated heterocycles. The highest BCUT2D eigenvalue weighted by molar-refractivity contribution is 7.79. The maximum absolute atomic E-state index is 8.74. The molecule has 0 aliphatic rings. The SMILES string of the molecule is C#N.O=S(=O)(O)O.[SiH4]. The van der Waals surface area contributed by atoms with Crippen LogP contribution in [0.5, 0.6) is 0 Å². The Morgan fingerprint density at radius 2 is 1.25 bits per heavy atom. The summed E-state index contributed by atoms with van der Waals surface area (Å²) in [5, 5.41) is 6.50. The third-order valence-electron chi connectivity index (χ3n) is 0. The van der Waals surface area contributed by atoms with E-state index in [1.807, 2.05) is 0 Å². The van der Waals surface area contributed by atoms with Gasteiger partial charge in [0.1, 0.15) is 0 Å². The molecule has 0 amide bonds. The molecule has 0 rings (SSSR count). The molecular weight excluding hydrogens is 150 g/mol. The van der Waals surface area contributed by atoms with Gasteiger partial charge in [0.2, 0.25) is 0 Å². The number of hydrogen-bond acceptors (Lipinski definition) is 3. The molecule has 0 unspecified atom stereocenters. The van der Waals surface area contributed by atoms with Gasteiger partial charge < -0.3 is 0 Å². The minimum Gasteiger partial charge on any atom is -0.264 e. The van der Waals surface area contributed by atoms with E-state index in [4.69, 9.17) is 22.8 Å². The summed E-state index contributed by atoms with van der Waals surface area (Å²) < 4.78 is 31.6. The van der Waals surface area contributed by atoms with Gasteiger partial charge in [0, 0.05) is 6.57 Å². The van der Waals surface area contributed by atoms with Crippen LogP contribution in [-0.4, -0.2) is 28.5 Å². The molecule has 0 aromatic heterocycles. The van der Waals surface area contributed by atoms with Crippen molar-refractivity contribution in [3.8, 4) is 6.57 Å². The van der Waals surface area contributed by atoms with E-state index >= 15 is 0 Å². The Kier molecular flexibility index (Phi) is 12.9. The van der Waals surface area contributed by atoms with Crippen LogP contribution < -0.4 is 0 Å². The summed E-state index contributed by atoms with van der Waals surface area (Å²) in [6, 6.07) is 0. The van der Waals surface area contributed by atoms with Crippen molar-refractivity contribution in [3.63, 3.8) is 0 Å². The van der Waals surface area contributed by atoms with Crippen molar-refractivity contribution in [2.45, 2.75) is 0 Å². The summed E-state index contributed by atoms with van der Waals surface area (Å²) in [5.41, 5.74) is 0. The molecule has 50 valence electrons. The van der Waals surface area contributed by atoms with Gasteiger partial charge in [-0.3, -0.25) is 9.11 Å². The first-order valence-corrected chi connectivity index (χ1v) is 2.35. The van der Waals surface area contributed by atoms with Crippen molar-refractivity contribution in [2.24, 2.45) is 0 Å². The number of nitrogens with zero attached hydrogens (tertiary/aromatic N) is 1. The quantitative estimate of drug-likeness (QED) is 0.314. The van der Waals surface area contributed by atoms with Gasteiger partial charge in [-0.25, -0.2) is 5.26 Å². The highest BCUT2D eigenvalue weighted by Crippen LogP contribution is 1.59. The molecule has 0 aliphatic carbocycles. The zero-order chi connectivity index (χ0) is 6.50. The molecule has 0 fully saturated rings. The van der Waals surface area contributed by atoms with Gasteiger partial charge in [-0.05, 0) is 11.0 Å². The lowest BCUT2D eigenvalue weighted by Gasteiger charge is -1.68. The third kappa shape index (κ3) is 653. The summed E-state index contributed by atoms with van der Waals surface area (Å²) in [7, 11) is -4.67. The van der Waals surface area contributed by atoms with Crippen LogP contribution in [0.2, 0.25) is 0 Å². The molecule has 0 aromatic carbocycles. The van der Waals surface area contributed by atoms with Crippen LogP contribution in [0.15, 0.2) is 0 Å². The van der Waals surface area contributed by atoms with E-state index in [1.54, 1.807) is 0 Å². The fourth-order valence-corrected chi connectivity index (χ4v) is 0. The van der Waals surface area contributed by atoms with E-state index in [1.165, 1.54) is 0 Å². The molecule has 0 aromatic rings. The zero-order valence-corrected chi connectivity index (χ0v) is 3.96. The molecule has 0 aliphatic heterocycles. The van der Waals surface area contributed by atoms with Crippen LogP contribution in [0, 0.1) is 11.8 Å². The Morgan fingerprint density at radius 1 is 1.25 bits per heavy atom. The molecule has 8 heavy (non-hydrogen) atoms. The first-order chi connectivity index (χ1) is 3.00. The minimum absolute atomic E-state index is 0. The summed E-state index contributed by atoms with van der Waals surface area (Å²) in [6.45, 7) is 3.50. The van der Waals surface area contributed by atoms with Crippen molar-refractivity contribution in [1.29, 1.82) is 5.26 Å². The van der Waals surface area contributed by atoms with E-state index in [2.05, 4.69) is 6.57 Å². The van der Waals surface area contributed by atoms with Gasteiger partial charge in [0.15, 0.2) is 0 Å². The number of hydrogen-bond donors (Lipinski definition) is 2.